The lowest BCUT2D eigenvalue weighted by Crippen LogP contribution is -2.50. The van der Waals surface area contributed by atoms with Crippen LogP contribution < -0.4 is 5.32 Å². The van der Waals surface area contributed by atoms with E-state index in [1.807, 2.05) is 36.4 Å². The van der Waals surface area contributed by atoms with Crippen LogP contribution in [0.1, 0.15) is 43.7 Å². The third-order valence-electron chi connectivity index (χ3n) is 5.41. The van der Waals surface area contributed by atoms with E-state index in [1.165, 1.54) is 0 Å². The molecule has 2 aromatic carbocycles. The zero-order valence-electron chi connectivity index (χ0n) is 16.5. The maximum atomic E-state index is 13.2. The van der Waals surface area contributed by atoms with E-state index >= 15 is 0 Å². The average molecular weight is 433 g/mol. The Kier molecular flexibility index (Phi) is 7.57. The van der Waals surface area contributed by atoms with Gasteiger partial charge in [-0.1, -0.05) is 66.4 Å². The third kappa shape index (κ3) is 5.97. The molecule has 6 heteroatoms. The molecule has 0 spiro atoms. The van der Waals surface area contributed by atoms with E-state index in [0.717, 1.165) is 36.8 Å². The number of amides is 2. The monoisotopic (exact) mass is 432 g/mol. The number of nitrogens with zero attached hydrogens (tertiary/aromatic N) is 1. The molecule has 154 valence electrons. The highest BCUT2D eigenvalue weighted by molar-refractivity contribution is 6.31. The minimum Gasteiger partial charge on any atom is -0.352 e. The molecular formula is C23H26Cl2N2O2. The van der Waals surface area contributed by atoms with Crippen LogP contribution >= 0.6 is 23.2 Å². The number of carbonyl (C=O) groups is 2. The fraction of sp³-hybridized carbons (Fsp3) is 0.391. The second-order valence-corrected chi connectivity index (χ2v) is 8.43. The Morgan fingerprint density at radius 3 is 2.52 bits per heavy atom. The molecule has 0 unspecified atom stereocenters. The van der Waals surface area contributed by atoms with Gasteiger partial charge in [0.15, 0.2) is 0 Å². The highest BCUT2D eigenvalue weighted by Crippen LogP contribution is 2.21. The second kappa shape index (κ2) is 10.1. The lowest BCUT2D eigenvalue weighted by Gasteiger charge is -2.30. The van der Waals surface area contributed by atoms with Crippen LogP contribution in [0.5, 0.6) is 0 Å². The summed E-state index contributed by atoms with van der Waals surface area (Å²) >= 11 is 12.4. The largest absolute Gasteiger partial charge is 0.352 e. The van der Waals surface area contributed by atoms with E-state index in [4.69, 9.17) is 23.2 Å². The van der Waals surface area contributed by atoms with Gasteiger partial charge in [0, 0.05) is 22.6 Å². The second-order valence-electron chi connectivity index (χ2n) is 7.59. The summed E-state index contributed by atoms with van der Waals surface area (Å²) in [5.41, 5.74) is 1.63. The van der Waals surface area contributed by atoms with Crippen molar-refractivity contribution in [3.63, 3.8) is 0 Å². The van der Waals surface area contributed by atoms with Crippen molar-refractivity contribution in [3.8, 4) is 0 Å². The van der Waals surface area contributed by atoms with Crippen molar-refractivity contribution in [1.29, 1.82) is 0 Å². The van der Waals surface area contributed by atoms with Gasteiger partial charge in [-0.2, -0.15) is 0 Å². The molecule has 3 rings (SSSR count). The molecular weight excluding hydrogens is 407 g/mol. The molecule has 2 aromatic rings. The first-order chi connectivity index (χ1) is 13.9. The number of carbonyl (C=O) groups excluding carboxylic acids is 2. The van der Waals surface area contributed by atoms with Crippen LogP contribution in [0.3, 0.4) is 0 Å². The van der Waals surface area contributed by atoms with Crippen molar-refractivity contribution < 1.29 is 9.59 Å². The summed E-state index contributed by atoms with van der Waals surface area (Å²) < 4.78 is 0. The summed E-state index contributed by atoms with van der Waals surface area (Å²) in [6.07, 6.45) is 4.41. The number of hydrogen-bond donors (Lipinski definition) is 1. The molecule has 0 saturated heterocycles. The fourth-order valence-corrected chi connectivity index (χ4v) is 4.13. The smallest absolute Gasteiger partial charge is 0.242 e. The van der Waals surface area contributed by atoms with Crippen LogP contribution in [0.2, 0.25) is 10.0 Å². The lowest BCUT2D eigenvalue weighted by atomic mass is 10.1. The normalized spacial score (nSPS) is 15.1. The minimum atomic E-state index is -0.593. The Morgan fingerprint density at radius 2 is 1.83 bits per heavy atom. The van der Waals surface area contributed by atoms with Gasteiger partial charge in [0.05, 0.1) is 6.42 Å². The van der Waals surface area contributed by atoms with Crippen LogP contribution in [0.25, 0.3) is 0 Å². The first-order valence-corrected chi connectivity index (χ1v) is 10.8. The zero-order chi connectivity index (χ0) is 20.8. The van der Waals surface area contributed by atoms with E-state index in [9.17, 15) is 9.59 Å². The summed E-state index contributed by atoms with van der Waals surface area (Å²) in [6, 6.07) is 14.3. The van der Waals surface area contributed by atoms with Crippen molar-refractivity contribution >= 4 is 35.0 Å². The van der Waals surface area contributed by atoms with E-state index < -0.39 is 6.04 Å². The molecule has 1 atom stereocenters. The maximum Gasteiger partial charge on any atom is 0.242 e. The van der Waals surface area contributed by atoms with E-state index in [-0.39, 0.29) is 24.3 Å². The molecule has 2 amide bonds. The van der Waals surface area contributed by atoms with Gasteiger partial charge in [0.2, 0.25) is 11.8 Å². The van der Waals surface area contributed by atoms with Crippen molar-refractivity contribution in [2.45, 2.75) is 57.7 Å². The van der Waals surface area contributed by atoms with E-state index in [1.54, 1.807) is 24.0 Å². The van der Waals surface area contributed by atoms with Gasteiger partial charge in [0.1, 0.15) is 6.04 Å². The molecule has 0 aromatic heterocycles. The highest BCUT2D eigenvalue weighted by atomic mass is 35.5. The predicted molar refractivity (Wildman–Crippen MR) is 117 cm³/mol. The summed E-state index contributed by atoms with van der Waals surface area (Å²) in [4.78, 5) is 27.7. The van der Waals surface area contributed by atoms with Gasteiger partial charge >= 0.3 is 0 Å². The summed E-state index contributed by atoms with van der Waals surface area (Å²) in [7, 11) is 0. The highest BCUT2D eigenvalue weighted by Gasteiger charge is 2.28. The SMILES string of the molecule is C[C@H](C(=O)NC1CCCC1)N(Cc1cccc(Cl)c1)C(=O)Cc1ccccc1Cl. The van der Waals surface area contributed by atoms with Crippen molar-refractivity contribution in [3.05, 3.63) is 69.7 Å². The molecule has 29 heavy (non-hydrogen) atoms. The van der Waals surface area contributed by atoms with Crippen LogP contribution in [-0.2, 0) is 22.6 Å². The first kappa shape index (κ1) is 21.7. The third-order valence-corrected chi connectivity index (χ3v) is 6.01. The average Bonchev–Trinajstić information content (AvgIpc) is 3.20. The van der Waals surface area contributed by atoms with Crippen LogP contribution in [-0.4, -0.2) is 28.8 Å². The quantitative estimate of drug-likeness (QED) is 0.667. The van der Waals surface area contributed by atoms with Crippen LogP contribution in [0.4, 0.5) is 0 Å². The number of rotatable bonds is 7. The number of benzene rings is 2. The number of hydrogen-bond acceptors (Lipinski definition) is 2. The summed E-state index contributed by atoms with van der Waals surface area (Å²) in [5.74, 6) is -0.265. The van der Waals surface area contributed by atoms with Gasteiger partial charge in [-0.05, 0) is 49.1 Å². The summed E-state index contributed by atoms with van der Waals surface area (Å²) in [5, 5.41) is 4.25. The van der Waals surface area contributed by atoms with Gasteiger partial charge < -0.3 is 10.2 Å². The van der Waals surface area contributed by atoms with Gasteiger partial charge in [-0.3, -0.25) is 9.59 Å². The molecule has 0 bridgehead atoms. The Hall–Kier alpha value is -2.04. The molecule has 0 radical (unpaired) electrons. The van der Waals surface area contributed by atoms with Gasteiger partial charge in [-0.15, -0.1) is 0 Å². The predicted octanol–water partition coefficient (Wildman–Crippen LogP) is 5.01. The molecule has 0 aliphatic heterocycles. The topological polar surface area (TPSA) is 49.4 Å². The molecule has 1 saturated carbocycles. The van der Waals surface area contributed by atoms with Crippen molar-refractivity contribution in [2.75, 3.05) is 0 Å². The standard InChI is InChI=1S/C23H26Cl2N2O2/c1-16(23(29)26-20-10-3-4-11-20)27(15-17-7-6-9-19(24)13-17)22(28)14-18-8-2-5-12-21(18)25/h2,5-9,12-13,16,20H,3-4,10-11,14-15H2,1H3,(H,26,29)/t16-/m1/s1. The van der Waals surface area contributed by atoms with Gasteiger partial charge in [-0.25, -0.2) is 0 Å². The molecule has 1 aliphatic carbocycles. The van der Waals surface area contributed by atoms with Crippen LogP contribution in [0, 0.1) is 0 Å². The number of halogens is 2. The Morgan fingerprint density at radius 1 is 1.10 bits per heavy atom. The Labute approximate surface area is 182 Å². The summed E-state index contributed by atoms with van der Waals surface area (Å²) in [6.45, 7) is 2.09. The first-order valence-electron chi connectivity index (χ1n) is 10.0. The molecule has 1 fully saturated rings. The van der Waals surface area contributed by atoms with E-state index in [0.29, 0.717) is 16.6 Å². The van der Waals surface area contributed by atoms with Crippen LogP contribution in [0.15, 0.2) is 48.5 Å². The fourth-order valence-electron chi connectivity index (χ4n) is 3.71. The van der Waals surface area contributed by atoms with E-state index in [2.05, 4.69) is 5.32 Å². The molecule has 1 aliphatic rings. The maximum absolute atomic E-state index is 13.2. The Balaban J connectivity index is 1.78. The number of nitrogens with one attached hydrogen (secondary N) is 1. The molecule has 0 heterocycles. The van der Waals surface area contributed by atoms with Crippen molar-refractivity contribution in [2.24, 2.45) is 0 Å². The Bertz CT molecular complexity index is 865. The molecule has 4 nitrogen and oxygen atoms in total. The minimum absolute atomic E-state index is 0.119. The van der Waals surface area contributed by atoms with Gasteiger partial charge in [0.25, 0.3) is 0 Å². The van der Waals surface area contributed by atoms with Crippen molar-refractivity contribution in [1.82, 2.24) is 10.2 Å². The lowest BCUT2D eigenvalue weighted by molar-refractivity contribution is -0.140. The zero-order valence-corrected chi connectivity index (χ0v) is 18.0. The molecule has 1 N–H and O–H groups in total.